The molecule has 0 aliphatic rings. The summed E-state index contributed by atoms with van der Waals surface area (Å²) in [6.45, 7) is 8.31. The van der Waals surface area contributed by atoms with Crippen molar-refractivity contribution >= 4 is 32.9 Å². The lowest BCUT2D eigenvalue weighted by atomic mass is 9.85. The van der Waals surface area contributed by atoms with E-state index in [0.29, 0.717) is 11.3 Å². The average Bonchev–Trinajstić information content (AvgIpc) is 2.91. The molecule has 124 valence electrons. The molecule has 1 heterocycles. The van der Waals surface area contributed by atoms with Crippen LogP contribution >= 0.6 is 15.9 Å². The number of esters is 1. The van der Waals surface area contributed by atoms with Crippen molar-refractivity contribution in [1.82, 2.24) is 0 Å². The summed E-state index contributed by atoms with van der Waals surface area (Å²) in [5.74, 6) is 0.278. The van der Waals surface area contributed by atoms with Gasteiger partial charge in [0.1, 0.15) is 11.3 Å². The first-order valence-corrected chi connectivity index (χ1v) is 8.56. The molecule has 1 aromatic heterocycles. The molecule has 0 N–H and O–H groups in total. The number of aryl methyl sites for hydroxylation is 1. The van der Waals surface area contributed by atoms with Crippen LogP contribution in [0.4, 0.5) is 0 Å². The maximum Gasteiger partial charge on any atom is 0.379 e. The molecule has 2 aromatic carbocycles. The van der Waals surface area contributed by atoms with Gasteiger partial charge in [0.15, 0.2) is 0 Å². The van der Waals surface area contributed by atoms with Crippen molar-refractivity contribution in [3.63, 3.8) is 0 Å². The van der Waals surface area contributed by atoms with E-state index in [1.807, 2.05) is 37.3 Å². The summed E-state index contributed by atoms with van der Waals surface area (Å²) in [4.78, 5) is 12.5. The van der Waals surface area contributed by atoms with Crippen LogP contribution in [0.1, 0.15) is 42.5 Å². The molecule has 0 atom stereocenters. The smallest absolute Gasteiger partial charge is 0.379 e. The Bertz CT molecular complexity index is 916. The summed E-state index contributed by atoms with van der Waals surface area (Å²) in [6, 6.07) is 13.1. The topological polar surface area (TPSA) is 39.4 Å². The Morgan fingerprint density at radius 3 is 2.54 bits per heavy atom. The number of benzene rings is 2. The first-order chi connectivity index (χ1) is 11.2. The largest absolute Gasteiger partial charge is 0.449 e. The van der Waals surface area contributed by atoms with Crippen molar-refractivity contribution in [3.05, 3.63) is 63.8 Å². The van der Waals surface area contributed by atoms with Gasteiger partial charge < -0.3 is 9.15 Å². The van der Waals surface area contributed by atoms with Gasteiger partial charge in [-0.25, -0.2) is 4.79 Å². The monoisotopic (exact) mass is 386 g/mol. The van der Waals surface area contributed by atoms with Crippen molar-refractivity contribution in [2.24, 2.45) is 0 Å². The maximum absolute atomic E-state index is 12.5. The second-order valence-corrected chi connectivity index (χ2v) is 7.85. The molecule has 0 bridgehead atoms. The average molecular weight is 387 g/mol. The first-order valence-electron chi connectivity index (χ1n) is 7.76. The van der Waals surface area contributed by atoms with E-state index < -0.39 is 5.97 Å². The highest BCUT2D eigenvalue weighted by atomic mass is 79.9. The zero-order chi connectivity index (χ0) is 17.5. The Labute approximate surface area is 149 Å². The van der Waals surface area contributed by atoms with Crippen molar-refractivity contribution in [2.45, 2.75) is 33.1 Å². The summed E-state index contributed by atoms with van der Waals surface area (Å²) < 4.78 is 12.2. The van der Waals surface area contributed by atoms with Gasteiger partial charge in [-0.05, 0) is 42.7 Å². The number of carbonyl (C=O) groups excluding carboxylic acids is 1. The molecule has 0 saturated heterocycles. The number of halogens is 1. The van der Waals surface area contributed by atoms with E-state index in [-0.39, 0.29) is 11.2 Å². The molecule has 0 aliphatic heterocycles. The van der Waals surface area contributed by atoms with Gasteiger partial charge in [0.05, 0.1) is 0 Å². The van der Waals surface area contributed by atoms with Crippen molar-refractivity contribution in [2.75, 3.05) is 0 Å². The summed E-state index contributed by atoms with van der Waals surface area (Å²) in [7, 11) is 0. The van der Waals surface area contributed by atoms with Crippen LogP contribution in [0.5, 0.6) is 5.75 Å². The molecule has 3 nitrogen and oxygen atoms in total. The Hall–Kier alpha value is -2.07. The number of hydrogen-bond donors (Lipinski definition) is 0. The number of rotatable bonds is 2. The molecule has 4 heteroatoms. The van der Waals surface area contributed by atoms with E-state index in [9.17, 15) is 4.79 Å². The minimum atomic E-state index is -0.489. The number of ether oxygens (including phenoxy) is 1. The van der Waals surface area contributed by atoms with Crippen LogP contribution in [-0.2, 0) is 5.41 Å². The molecule has 24 heavy (non-hydrogen) atoms. The van der Waals surface area contributed by atoms with Crippen LogP contribution in [-0.4, -0.2) is 5.97 Å². The third kappa shape index (κ3) is 3.39. The van der Waals surface area contributed by atoms with Gasteiger partial charge in [-0.3, -0.25) is 0 Å². The fourth-order valence-corrected chi connectivity index (χ4v) is 2.96. The van der Waals surface area contributed by atoms with E-state index in [4.69, 9.17) is 9.15 Å². The van der Waals surface area contributed by atoms with E-state index in [0.717, 1.165) is 21.0 Å². The summed E-state index contributed by atoms with van der Waals surface area (Å²) >= 11 is 3.41. The zero-order valence-electron chi connectivity index (χ0n) is 14.1. The molecule has 3 rings (SSSR count). The third-order valence-corrected chi connectivity index (χ3v) is 4.32. The van der Waals surface area contributed by atoms with Crippen LogP contribution in [0, 0.1) is 6.92 Å². The van der Waals surface area contributed by atoms with Crippen molar-refractivity contribution in [1.29, 1.82) is 0 Å². The maximum atomic E-state index is 12.5. The molecule has 0 spiro atoms. The lowest BCUT2D eigenvalue weighted by Crippen LogP contribution is -2.16. The quantitative estimate of drug-likeness (QED) is 0.399. The fraction of sp³-hybridized carbons (Fsp3) is 0.250. The highest BCUT2D eigenvalue weighted by Crippen LogP contribution is 2.33. The van der Waals surface area contributed by atoms with E-state index in [1.54, 1.807) is 6.07 Å². The normalized spacial score (nSPS) is 11.7. The minimum Gasteiger partial charge on any atom is -0.449 e. The number of fused-ring (bicyclic) bond motifs is 1. The molecule has 0 saturated carbocycles. The van der Waals surface area contributed by atoms with Gasteiger partial charge in [0.25, 0.3) is 0 Å². The predicted molar refractivity (Wildman–Crippen MR) is 98.8 cm³/mol. The van der Waals surface area contributed by atoms with Gasteiger partial charge >= 0.3 is 5.97 Å². The van der Waals surface area contributed by atoms with Crippen LogP contribution in [0.3, 0.4) is 0 Å². The van der Waals surface area contributed by atoms with E-state index >= 15 is 0 Å². The van der Waals surface area contributed by atoms with Gasteiger partial charge in [-0.2, -0.15) is 0 Å². The first kappa shape index (κ1) is 16.8. The molecular weight excluding hydrogens is 368 g/mol. The second-order valence-electron chi connectivity index (χ2n) is 6.93. The fourth-order valence-electron chi connectivity index (χ4n) is 2.58. The predicted octanol–water partition coefficient (Wildman–Crippen LogP) is 6.02. The van der Waals surface area contributed by atoms with Crippen molar-refractivity contribution < 1.29 is 13.9 Å². The SMILES string of the molecule is Cc1ccc(OC(=O)c2cc3cc(Br)ccc3o2)c(C(C)(C)C)c1. The molecule has 3 aromatic rings. The van der Waals surface area contributed by atoms with Gasteiger partial charge in [-0.15, -0.1) is 0 Å². The molecule has 0 amide bonds. The Morgan fingerprint density at radius 1 is 1.08 bits per heavy atom. The lowest BCUT2D eigenvalue weighted by Gasteiger charge is -2.22. The Balaban J connectivity index is 1.94. The van der Waals surface area contributed by atoms with E-state index in [1.165, 1.54) is 0 Å². The standard InChI is InChI=1S/C20H19BrO3/c1-12-5-7-17(15(9-12)20(2,3)4)24-19(22)18-11-13-10-14(21)6-8-16(13)23-18/h5-11H,1-4H3. The van der Waals surface area contributed by atoms with Crippen LogP contribution < -0.4 is 4.74 Å². The molecule has 0 unspecified atom stereocenters. The zero-order valence-corrected chi connectivity index (χ0v) is 15.7. The number of carbonyl (C=O) groups is 1. The van der Waals surface area contributed by atoms with Crippen LogP contribution in [0.25, 0.3) is 11.0 Å². The molecule has 0 fully saturated rings. The van der Waals surface area contributed by atoms with Gasteiger partial charge in [0.2, 0.25) is 5.76 Å². The van der Waals surface area contributed by atoms with Crippen LogP contribution in [0.2, 0.25) is 0 Å². The molecule has 0 aliphatic carbocycles. The highest BCUT2D eigenvalue weighted by Gasteiger charge is 2.22. The van der Waals surface area contributed by atoms with Crippen molar-refractivity contribution in [3.8, 4) is 5.75 Å². The Morgan fingerprint density at radius 2 is 1.83 bits per heavy atom. The van der Waals surface area contributed by atoms with Gasteiger partial charge in [0, 0.05) is 15.4 Å². The second kappa shape index (κ2) is 6.10. The number of furan rings is 1. The highest BCUT2D eigenvalue weighted by molar-refractivity contribution is 9.10. The van der Waals surface area contributed by atoms with Crippen LogP contribution in [0.15, 0.2) is 51.4 Å². The lowest BCUT2D eigenvalue weighted by molar-refractivity contribution is 0.0701. The number of hydrogen-bond acceptors (Lipinski definition) is 3. The minimum absolute atomic E-state index is 0.125. The molecule has 0 radical (unpaired) electrons. The van der Waals surface area contributed by atoms with Gasteiger partial charge in [-0.1, -0.05) is 54.4 Å². The summed E-state index contributed by atoms with van der Waals surface area (Å²) in [6.07, 6.45) is 0. The third-order valence-electron chi connectivity index (χ3n) is 3.83. The summed E-state index contributed by atoms with van der Waals surface area (Å²) in [5, 5.41) is 0.858. The Kier molecular flexibility index (Phi) is 4.26. The molecular formula is C20H19BrO3. The summed E-state index contributed by atoms with van der Waals surface area (Å²) in [5.41, 5.74) is 2.66. The van der Waals surface area contributed by atoms with E-state index in [2.05, 4.69) is 42.8 Å².